The van der Waals surface area contributed by atoms with Crippen LogP contribution >= 0.6 is 0 Å². The minimum Gasteiger partial charge on any atom is -0.477 e. The van der Waals surface area contributed by atoms with Crippen LogP contribution in [0.15, 0.2) is 17.1 Å². The van der Waals surface area contributed by atoms with Crippen LogP contribution < -0.4 is 25.4 Å². The highest BCUT2D eigenvalue weighted by molar-refractivity contribution is 5.97. The highest BCUT2D eigenvalue weighted by Gasteiger charge is 2.38. The van der Waals surface area contributed by atoms with Crippen LogP contribution in [0.4, 0.5) is 10.1 Å². The first kappa shape index (κ1) is 17.3. The molecule has 2 fully saturated rings. The number of hydrogen-bond acceptors (Lipinski definition) is 6. The number of carboxylic acid groups (broad SMARTS) is 1. The van der Waals surface area contributed by atoms with Crippen LogP contribution in [0, 0.1) is 11.7 Å². The number of piperidine rings is 1. The molecule has 2 N–H and O–H groups in total. The van der Waals surface area contributed by atoms with E-state index in [2.05, 4.69) is 5.32 Å². The topological polar surface area (TPSA) is 87.0 Å². The second-order valence-electron chi connectivity index (χ2n) is 7.75. The fourth-order valence-corrected chi connectivity index (χ4v) is 4.70. The largest absolute Gasteiger partial charge is 0.477 e. The summed E-state index contributed by atoms with van der Waals surface area (Å²) in [5.74, 6) is -1.13. The fourth-order valence-electron chi connectivity index (χ4n) is 4.70. The molecule has 0 radical (unpaired) electrons. The lowest BCUT2D eigenvalue weighted by atomic mass is 9.94. The maximum absolute atomic E-state index is 15.2. The first-order valence-electron chi connectivity index (χ1n) is 9.43. The average molecular weight is 388 g/mol. The molecule has 2 atom stereocenters. The zero-order valence-corrected chi connectivity index (χ0v) is 15.4. The highest BCUT2D eigenvalue weighted by Crippen LogP contribution is 2.42. The lowest BCUT2D eigenvalue weighted by Crippen LogP contribution is -2.41. The Balaban J connectivity index is 1.73. The first-order chi connectivity index (χ1) is 13.5. The summed E-state index contributed by atoms with van der Waals surface area (Å²) < 4.78 is 22.6. The van der Waals surface area contributed by atoms with Gasteiger partial charge < -0.3 is 20.1 Å². The van der Waals surface area contributed by atoms with E-state index in [1.165, 1.54) is 6.20 Å². The molecule has 0 amide bonds. The van der Waals surface area contributed by atoms with Gasteiger partial charge in [0.2, 0.25) is 5.43 Å². The molecule has 0 unspecified atom stereocenters. The van der Waals surface area contributed by atoms with Crippen molar-refractivity contribution in [3.05, 3.63) is 33.9 Å². The van der Waals surface area contributed by atoms with Crippen molar-refractivity contribution in [2.24, 2.45) is 5.92 Å². The number of fused-ring (bicyclic) bond motifs is 1. The second-order valence-corrected chi connectivity index (χ2v) is 7.75. The summed E-state index contributed by atoms with van der Waals surface area (Å²) in [5.41, 5.74) is -0.340. The molecule has 1 aromatic heterocycles. The smallest absolute Gasteiger partial charge is 0.341 e. The van der Waals surface area contributed by atoms with E-state index in [4.69, 9.17) is 4.74 Å². The maximum Gasteiger partial charge on any atom is 0.341 e. The quantitative estimate of drug-likeness (QED) is 0.792. The summed E-state index contributed by atoms with van der Waals surface area (Å²) in [5, 5.41) is 14.5. The van der Waals surface area contributed by atoms with E-state index in [1.807, 2.05) is 4.90 Å². The van der Waals surface area contributed by atoms with Crippen LogP contribution in [-0.4, -0.2) is 55.2 Å². The second kappa shape index (κ2) is 6.10. The van der Waals surface area contributed by atoms with E-state index in [0.717, 1.165) is 32.0 Å². The molecule has 28 heavy (non-hydrogen) atoms. The van der Waals surface area contributed by atoms with Gasteiger partial charge in [-0.05, 0) is 31.4 Å². The number of nitrogens with zero attached hydrogens (tertiary/aromatic N) is 3. The predicted octanol–water partition coefficient (Wildman–Crippen LogP) is 0.945. The summed E-state index contributed by atoms with van der Waals surface area (Å²) in [6, 6.07) is 1.47. The Morgan fingerprint density at radius 3 is 2.96 bits per heavy atom. The van der Waals surface area contributed by atoms with Gasteiger partial charge in [-0.25, -0.2) is 9.18 Å². The van der Waals surface area contributed by atoms with Crippen molar-refractivity contribution in [2.75, 3.05) is 43.3 Å². The SMILES string of the molecule is CN1COc2c(N3C[C@@H]4CCCN[C@@H]4C3)c(F)cc3c(=O)c(C(=O)O)cn1c23. The van der Waals surface area contributed by atoms with Gasteiger partial charge in [-0.15, -0.1) is 0 Å². The van der Waals surface area contributed by atoms with Gasteiger partial charge >= 0.3 is 5.97 Å². The number of halogens is 1. The van der Waals surface area contributed by atoms with Crippen LogP contribution in [0.1, 0.15) is 23.2 Å². The predicted molar refractivity (Wildman–Crippen MR) is 101 cm³/mol. The van der Waals surface area contributed by atoms with E-state index < -0.39 is 22.8 Å². The standard InChI is InChI=1S/C19H21FN4O4/c1-22-9-28-18-15-11(17(25)12(19(26)27)7-24(15)22)5-13(20)16(18)23-6-10-3-2-4-21-14(10)8-23/h5,7,10,14,21H,2-4,6,8-9H2,1H3,(H,26,27)/t10-,14+/m0/s1. The van der Waals surface area contributed by atoms with Crippen molar-refractivity contribution >= 4 is 22.6 Å². The molecule has 0 bridgehead atoms. The normalized spacial score (nSPS) is 23.6. The Kier molecular flexibility index (Phi) is 3.77. The van der Waals surface area contributed by atoms with E-state index in [0.29, 0.717) is 35.5 Å². The third-order valence-electron chi connectivity index (χ3n) is 6.06. The zero-order chi connectivity index (χ0) is 19.6. The molecule has 4 heterocycles. The van der Waals surface area contributed by atoms with Crippen molar-refractivity contribution in [1.29, 1.82) is 0 Å². The van der Waals surface area contributed by atoms with E-state index in [1.54, 1.807) is 16.7 Å². The van der Waals surface area contributed by atoms with Crippen molar-refractivity contribution in [3.8, 4) is 5.75 Å². The van der Waals surface area contributed by atoms with E-state index >= 15 is 4.39 Å². The zero-order valence-electron chi connectivity index (χ0n) is 15.4. The van der Waals surface area contributed by atoms with Crippen LogP contribution in [0.2, 0.25) is 0 Å². The third kappa shape index (κ3) is 2.39. The van der Waals surface area contributed by atoms with Gasteiger partial charge in [0.1, 0.15) is 16.8 Å². The van der Waals surface area contributed by atoms with Crippen LogP contribution in [0.25, 0.3) is 10.9 Å². The highest BCUT2D eigenvalue weighted by atomic mass is 19.1. The summed E-state index contributed by atoms with van der Waals surface area (Å²) in [4.78, 5) is 26.1. The van der Waals surface area contributed by atoms with Crippen molar-refractivity contribution in [3.63, 3.8) is 0 Å². The number of ether oxygens (including phenoxy) is 1. The Labute approximate surface area is 160 Å². The molecule has 9 heteroatoms. The Bertz CT molecular complexity index is 1040. The summed E-state index contributed by atoms with van der Waals surface area (Å²) in [6.45, 7) is 2.50. The lowest BCUT2D eigenvalue weighted by Gasteiger charge is -2.33. The van der Waals surface area contributed by atoms with Crippen molar-refractivity contribution < 1.29 is 19.0 Å². The monoisotopic (exact) mass is 388 g/mol. The number of benzene rings is 1. The molecular weight excluding hydrogens is 367 g/mol. The molecule has 5 rings (SSSR count). The number of aromatic nitrogens is 1. The number of carbonyl (C=O) groups is 1. The molecular formula is C19H21FN4O4. The minimum absolute atomic E-state index is 0.0115. The van der Waals surface area contributed by atoms with Crippen molar-refractivity contribution in [1.82, 2.24) is 9.99 Å². The van der Waals surface area contributed by atoms with E-state index in [-0.39, 0.29) is 12.1 Å². The van der Waals surface area contributed by atoms with Gasteiger partial charge in [-0.1, -0.05) is 0 Å². The molecule has 1 aromatic carbocycles. The summed E-state index contributed by atoms with van der Waals surface area (Å²) in [6.07, 6.45) is 3.50. The molecule has 0 aliphatic carbocycles. The summed E-state index contributed by atoms with van der Waals surface area (Å²) in [7, 11) is 1.72. The maximum atomic E-state index is 15.2. The molecule has 3 aliphatic heterocycles. The molecule has 2 aromatic rings. The number of rotatable bonds is 2. The number of aromatic carboxylic acids is 1. The number of nitrogens with one attached hydrogen (secondary N) is 1. The lowest BCUT2D eigenvalue weighted by molar-refractivity contribution is 0.0694. The minimum atomic E-state index is -1.34. The van der Waals surface area contributed by atoms with Gasteiger partial charge in [0.25, 0.3) is 0 Å². The average Bonchev–Trinajstić information content (AvgIpc) is 3.09. The van der Waals surface area contributed by atoms with Crippen LogP contribution in [-0.2, 0) is 0 Å². The Morgan fingerprint density at radius 2 is 2.21 bits per heavy atom. The van der Waals surface area contributed by atoms with Crippen LogP contribution in [0.5, 0.6) is 5.75 Å². The van der Waals surface area contributed by atoms with Gasteiger partial charge in [-0.3, -0.25) is 14.5 Å². The van der Waals surface area contributed by atoms with Gasteiger partial charge in [0.05, 0.1) is 5.39 Å². The van der Waals surface area contributed by atoms with Crippen LogP contribution in [0.3, 0.4) is 0 Å². The Hall–Kier alpha value is -2.81. The fraction of sp³-hybridized carbons (Fsp3) is 0.474. The number of pyridine rings is 1. The number of anilines is 1. The molecule has 8 nitrogen and oxygen atoms in total. The third-order valence-corrected chi connectivity index (χ3v) is 6.06. The molecule has 0 saturated carbocycles. The Morgan fingerprint density at radius 1 is 1.39 bits per heavy atom. The molecule has 0 spiro atoms. The van der Waals surface area contributed by atoms with Gasteiger partial charge in [-0.2, -0.15) is 0 Å². The van der Waals surface area contributed by atoms with Crippen molar-refractivity contribution in [2.45, 2.75) is 18.9 Å². The van der Waals surface area contributed by atoms with Gasteiger partial charge in [0.15, 0.2) is 18.3 Å². The first-order valence-corrected chi connectivity index (χ1v) is 9.43. The molecule has 2 saturated heterocycles. The number of hydrogen-bond donors (Lipinski definition) is 2. The van der Waals surface area contributed by atoms with Gasteiger partial charge in [0, 0.05) is 32.4 Å². The van der Waals surface area contributed by atoms with E-state index in [9.17, 15) is 14.7 Å². The summed E-state index contributed by atoms with van der Waals surface area (Å²) >= 11 is 0. The number of carboxylic acids is 1. The molecule has 148 valence electrons. The molecule has 3 aliphatic rings.